The molecule has 0 heterocycles. The molecule has 0 aliphatic carbocycles. The molecule has 0 saturated carbocycles. The summed E-state index contributed by atoms with van der Waals surface area (Å²) < 4.78 is 25.8. The van der Waals surface area contributed by atoms with Gasteiger partial charge in [0, 0.05) is 12.0 Å². The number of unbranched alkanes of at least 4 members (excludes halogenated alkanes) is 2. The molecule has 0 unspecified atom stereocenters. The molecule has 112 valence electrons. The molecule has 1 aromatic carbocycles. The Morgan fingerprint density at radius 3 is 2.57 bits per heavy atom. The molecule has 1 aromatic rings. The van der Waals surface area contributed by atoms with E-state index in [1.54, 1.807) is 0 Å². The summed E-state index contributed by atoms with van der Waals surface area (Å²) in [6.07, 6.45) is 1.46. The number of carboxylic acid groups (broad SMARTS) is 1. The number of carboxylic acids is 1. The predicted molar refractivity (Wildman–Crippen MR) is 69.3 cm³/mol. The molecule has 2 N–H and O–H groups in total. The third-order valence-corrected chi connectivity index (χ3v) is 2.82. The predicted octanol–water partition coefficient (Wildman–Crippen LogP) is 2.23. The topological polar surface area (TPSA) is 90.2 Å². The lowest BCUT2D eigenvalue weighted by Crippen LogP contribution is -2.40. The van der Waals surface area contributed by atoms with Crippen LogP contribution in [0.15, 0.2) is 18.2 Å². The third-order valence-electron chi connectivity index (χ3n) is 2.82. The molecule has 5 nitrogen and oxygen atoms in total. The number of amides is 1. The van der Waals surface area contributed by atoms with Gasteiger partial charge in [0.1, 0.15) is 6.04 Å². The first kappa shape index (κ1) is 16.6. The van der Waals surface area contributed by atoms with Crippen molar-refractivity contribution in [2.75, 3.05) is 0 Å². The van der Waals surface area contributed by atoms with Crippen LogP contribution in [0.5, 0.6) is 0 Å². The summed E-state index contributed by atoms with van der Waals surface area (Å²) in [5.41, 5.74) is -0.155. The third kappa shape index (κ3) is 5.18. The highest BCUT2D eigenvalue weighted by molar-refractivity contribution is 5.96. The van der Waals surface area contributed by atoms with Crippen LogP contribution in [0.25, 0.3) is 0 Å². The van der Waals surface area contributed by atoms with E-state index < -0.39 is 29.6 Å². The monoisotopic (exact) mass is 296 g/mol. The Hall–Kier alpha value is -2.49. The fraction of sp³-hybridized carbons (Fsp3) is 0.357. The molecule has 1 atom stereocenters. The number of aliphatic carboxylic acids is 1. The Balaban J connectivity index is 2.65. The van der Waals surface area contributed by atoms with Crippen LogP contribution < -0.4 is 5.32 Å². The van der Waals surface area contributed by atoms with Crippen molar-refractivity contribution < 1.29 is 23.5 Å². The molecule has 21 heavy (non-hydrogen) atoms. The number of hydrogen-bond acceptors (Lipinski definition) is 3. The molecule has 7 heteroatoms. The fourth-order valence-electron chi connectivity index (χ4n) is 1.69. The van der Waals surface area contributed by atoms with Crippen molar-refractivity contribution in [3.8, 4) is 6.07 Å². The second-order valence-electron chi connectivity index (χ2n) is 4.40. The van der Waals surface area contributed by atoms with Crippen molar-refractivity contribution >= 4 is 11.9 Å². The van der Waals surface area contributed by atoms with E-state index >= 15 is 0 Å². The van der Waals surface area contributed by atoms with Gasteiger partial charge < -0.3 is 10.4 Å². The van der Waals surface area contributed by atoms with Crippen LogP contribution in [0.4, 0.5) is 8.78 Å². The zero-order valence-corrected chi connectivity index (χ0v) is 11.1. The van der Waals surface area contributed by atoms with Gasteiger partial charge in [-0.15, -0.1) is 0 Å². The molecule has 0 aliphatic heterocycles. The second-order valence-corrected chi connectivity index (χ2v) is 4.40. The first-order valence-corrected chi connectivity index (χ1v) is 6.31. The van der Waals surface area contributed by atoms with Crippen LogP contribution in [0.2, 0.25) is 0 Å². The van der Waals surface area contributed by atoms with Crippen molar-refractivity contribution in [3.63, 3.8) is 0 Å². The first-order valence-electron chi connectivity index (χ1n) is 6.31. The lowest BCUT2D eigenvalue weighted by Gasteiger charge is -2.14. The van der Waals surface area contributed by atoms with Crippen molar-refractivity contribution in [2.45, 2.75) is 31.7 Å². The summed E-state index contributed by atoms with van der Waals surface area (Å²) >= 11 is 0. The number of carbonyl (C=O) groups is 2. The van der Waals surface area contributed by atoms with Gasteiger partial charge in [0.25, 0.3) is 5.91 Å². The van der Waals surface area contributed by atoms with Gasteiger partial charge in [-0.3, -0.25) is 4.79 Å². The van der Waals surface area contributed by atoms with E-state index in [2.05, 4.69) is 5.32 Å². The highest BCUT2D eigenvalue weighted by Gasteiger charge is 2.20. The van der Waals surface area contributed by atoms with Gasteiger partial charge in [-0.1, -0.05) is 0 Å². The summed E-state index contributed by atoms with van der Waals surface area (Å²) in [5.74, 6) is -4.27. The normalized spacial score (nSPS) is 11.5. The molecule has 1 rings (SSSR count). The van der Waals surface area contributed by atoms with E-state index in [1.807, 2.05) is 6.07 Å². The summed E-state index contributed by atoms with van der Waals surface area (Å²) in [4.78, 5) is 22.8. The Kier molecular flexibility index (Phi) is 6.27. The van der Waals surface area contributed by atoms with Crippen LogP contribution in [-0.2, 0) is 4.79 Å². The summed E-state index contributed by atoms with van der Waals surface area (Å²) in [6.45, 7) is 0. The smallest absolute Gasteiger partial charge is 0.326 e. The van der Waals surface area contributed by atoms with E-state index in [-0.39, 0.29) is 12.0 Å². The lowest BCUT2D eigenvalue weighted by atomic mass is 10.1. The standard InChI is InChI=1S/C14H14F2N2O3/c15-10-6-5-9(8-11(10)16)13(19)18-12(14(20)21)4-2-1-3-7-17/h5-6,8,12H,1-4H2,(H,18,19)(H,20,21)/t12-/m1/s1. The number of benzene rings is 1. The largest absolute Gasteiger partial charge is 0.480 e. The molecule has 0 radical (unpaired) electrons. The van der Waals surface area contributed by atoms with Gasteiger partial charge in [0.15, 0.2) is 11.6 Å². The van der Waals surface area contributed by atoms with E-state index in [0.717, 1.165) is 12.1 Å². The Labute approximate surface area is 120 Å². The Morgan fingerprint density at radius 2 is 2.00 bits per heavy atom. The van der Waals surface area contributed by atoms with Crippen molar-refractivity contribution in [3.05, 3.63) is 35.4 Å². The van der Waals surface area contributed by atoms with Gasteiger partial charge in [-0.25, -0.2) is 13.6 Å². The SMILES string of the molecule is N#CCCCC[C@@H](NC(=O)c1ccc(F)c(F)c1)C(=O)O. The molecule has 0 bridgehead atoms. The van der Waals surface area contributed by atoms with Crippen LogP contribution in [0, 0.1) is 23.0 Å². The molecule has 0 aliphatic rings. The van der Waals surface area contributed by atoms with E-state index in [1.165, 1.54) is 0 Å². The minimum atomic E-state index is -1.22. The Bertz CT molecular complexity index is 570. The van der Waals surface area contributed by atoms with Crippen LogP contribution >= 0.6 is 0 Å². The average Bonchev–Trinajstić information content (AvgIpc) is 2.44. The van der Waals surface area contributed by atoms with Crippen LogP contribution in [0.1, 0.15) is 36.0 Å². The van der Waals surface area contributed by atoms with Gasteiger partial charge in [-0.2, -0.15) is 5.26 Å². The molecular weight excluding hydrogens is 282 g/mol. The number of carbonyl (C=O) groups excluding carboxylic acids is 1. The van der Waals surface area contributed by atoms with Gasteiger partial charge >= 0.3 is 5.97 Å². The molecule has 0 fully saturated rings. The fourth-order valence-corrected chi connectivity index (χ4v) is 1.69. The second kappa shape index (κ2) is 7.94. The zero-order chi connectivity index (χ0) is 15.8. The van der Waals surface area contributed by atoms with Gasteiger partial charge in [0.05, 0.1) is 6.07 Å². The van der Waals surface area contributed by atoms with Crippen molar-refractivity contribution in [1.82, 2.24) is 5.32 Å². The maximum absolute atomic E-state index is 13.0. The summed E-state index contributed by atoms with van der Waals surface area (Å²) in [5, 5.41) is 19.6. The highest BCUT2D eigenvalue weighted by Crippen LogP contribution is 2.10. The maximum Gasteiger partial charge on any atom is 0.326 e. The maximum atomic E-state index is 13.0. The number of halogens is 2. The van der Waals surface area contributed by atoms with Gasteiger partial charge in [-0.05, 0) is 37.5 Å². The highest BCUT2D eigenvalue weighted by atomic mass is 19.2. The quantitative estimate of drug-likeness (QED) is 0.755. The van der Waals surface area contributed by atoms with E-state index in [9.17, 15) is 18.4 Å². The lowest BCUT2D eigenvalue weighted by molar-refractivity contribution is -0.139. The molecule has 0 saturated heterocycles. The molecule has 0 aromatic heterocycles. The molecular formula is C14H14F2N2O3. The minimum absolute atomic E-state index is 0.155. The summed E-state index contributed by atoms with van der Waals surface area (Å²) in [7, 11) is 0. The number of hydrogen-bond donors (Lipinski definition) is 2. The van der Waals surface area contributed by atoms with Crippen LogP contribution in [-0.4, -0.2) is 23.0 Å². The molecule has 1 amide bonds. The average molecular weight is 296 g/mol. The number of nitrogens with one attached hydrogen (secondary N) is 1. The van der Waals surface area contributed by atoms with Crippen LogP contribution in [0.3, 0.4) is 0 Å². The number of nitrogens with zero attached hydrogens (tertiary/aromatic N) is 1. The van der Waals surface area contributed by atoms with Gasteiger partial charge in [0.2, 0.25) is 0 Å². The number of rotatable bonds is 7. The van der Waals surface area contributed by atoms with Crippen molar-refractivity contribution in [1.29, 1.82) is 5.26 Å². The summed E-state index contributed by atoms with van der Waals surface area (Å²) in [6, 6.07) is 3.38. The number of nitriles is 1. The minimum Gasteiger partial charge on any atom is -0.480 e. The van der Waals surface area contributed by atoms with E-state index in [0.29, 0.717) is 25.3 Å². The first-order chi connectivity index (χ1) is 9.95. The van der Waals surface area contributed by atoms with E-state index in [4.69, 9.17) is 10.4 Å². The molecule has 0 spiro atoms. The zero-order valence-electron chi connectivity index (χ0n) is 11.1. The Morgan fingerprint density at radius 1 is 1.29 bits per heavy atom. The van der Waals surface area contributed by atoms with Crippen molar-refractivity contribution in [2.24, 2.45) is 0 Å².